The Balaban J connectivity index is 1.40. The smallest absolute Gasteiger partial charge is 0.416 e. The highest BCUT2D eigenvalue weighted by Crippen LogP contribution is 2.43. The zero-order valence-corrected chi connectivity index (χ0v) is 24.4. The summed E-state index contributed by atoms with van der Waals surface area (Å²) >= 11 is 0. The maximum absolute atomic E-state index is 16.3. The first-order chi connectivity index (χ1) is 20.4. The molecular weight excluding hydrogens is 568 g/mol. The van der Waals surface area contributed by atoms with Gasteiger partial charge in [-0.25, -0.2) is 9.18 Å². The third-order valence-corrected chi connectivity index (χ3v) is 9.46. The molecule has 234 valence electrons. The molecule has 1 saturated carbocycles. The number of ether oxygens (including phenoxy) is 2. The Hall–Kier alpha value is -3.02. The number of hydrogen-bond donors (Lipinski definition) is 1. The van der Waals surface area contributed by atoms with Crippen LogP contribution in [-0.2, 0) is 20.4 Å². The number of likely N-dealkylation sites (tertiary alicyclic amines) is 2. The zero-order valence-electron chi connectivity index (χ0n) is 24.4. The van der Waals surface area contributed by atoms with Gasteiger partial charge in [0.15, 0.2) is 0 Å². The fourth-order valence-electron chi connectivity index (χ4n) is 7.09. The van der Waals surface area contributed by atoms with E-state index in [2.05, 4.69) is 4.90 Å². The largest absolute Gasteiger partial charge is 0.478 e. The summed E-state index contributed by atoms with van der Waals surface area (Å²) in [5.74, 6) is -2.41. The molecule has 0 aromatic heterocycles. The SMILES string of the molecule is COC[C@H]1CN(C(=O)[C@@]2(F)CCN([C@H]3CC[C@H](OC)CC3)C2)C[C@@H]1c1ccc(C(F)(F)F)cc1-c1ccc(C(=O)O)cc1. The predicted molar refractivity (Wildman–Crippen MR) is 152 cm³/mol. The van der Waals surface area contributed by atoms with Crippen molar-refractivity contribution in [2.45, 2.75) is 62.0 Å². The molecule has 2 aliphatic heterocycles. The second-order valence-electron chi connectivity index (χ2n) is 12.1. The van der Waals surface area contributed by atoms with Crippen LogP contribution in [-0.4, -0.2) is 91.6 Å². The molecule has 0 unspecified atom stereocenters. The fourth-order valence-corrected chi connectivity index (χ4v) is 7.09. The van der Waals surface area contributed by atoms with E-state index < -0.39 is 35.2 Å². The van der Waals surface area contributed by atoms with Crippen LogP contribution < -0.4 is 0 Å². The lowest BCUT2D eigenvalue weighted by Gasteiger charge is -2.34. The van der Waals surface area contributed by atoms with E-state index in [1.54, 1.807) is 7.11 Å². The normalized spacial score (nSPS) is 28.4. The third kappa shape index (κ3) is 6.58. The van der Waals surface area contributed by atoms with E-state index in [4.69, 9.17) is 9.47 Å². The summed E-state index contributed by atoms with van der Waals surface area (Å²) in [6, 6.07) is 9.37. The number of benzene rings is 2. The summed E-state index contributed by atoms with van der Waals surface area (Å²) in [5.41, 5.74) is -1.57. The van der Waals surface area contributed by atoms with Gasteiger partial charge in [0.2, 0.25) is 5.67 Å². The summed E-state index contributed by atoms with van der Waals surface area (Å²) < 4.78 is 68.4. The van der Waals surface area contributed by atoms with Gasteiger partial charge < -0.3 is 19.5 Å². The number of nitrogens with zero attached hydrogens (tertiary/aromatic N) is 2. The molecule has 3 fully saturated rings. The number of carboxylic acids is 1. The van der Waals surface area contributed by atoms with E-state index in [0.29, 0.717) is 23.2 Å². The van der Waals surface area contributed by atoms with E-state index in [1.807, 2.05) is 0 Å². The van der Waals surface area contributed by atoms with Gasteiger partial charge in [-0.1, -0.05) is 18.2 Å². The second-order valence-corrected chi connectivity index (χ2v) is 12.1. The number of methoxy groups -OCH3 is 2. The van der Waals surface area contributed by atoms with Crippen molar-refractivity contribution < 1.29 is 41.7 Å². The minimum absolute atomic E-state index is 0.0118. The third-order valence-electron chi connectivity index (χ3n) is 9.46. The maximum Gasteiger partial charge on any atom is 0.416 e. The fraction of sp³-hybridized carbons (Fsp3) is 0.562. The Kier molecular flexibility index (Phi) is 9.15. The Bertz CT molecular complexity index is 1310. The molecule has 2 aromatic rings. The molecule has 3 aliphatic rings. The van der Waals surface area contributed by atoms with Gasteiger partial charge in [0.05, 0.1) is 23.8 Å². The molecular formula is C32H38F4N2O5. The van der Waals surface area contributed by atoms with Gasteiger partial charge >= 0.3 is 12.1 Å². The molecule has 1 amide bonds. The summed E-state index contributed by atoms with van der Waals surface area (Å²) in [7, 11) is 3.22. The van der Waals surface area contributed by atoms with Gasteiger partial charge in [-0.3, -0.25) is 9.69 Å². The first-order valence-corrected chi connectivity index (χ1v) is 14.7. The second kappa shape index (κ2) is 12.5. The first-order valence-electron chi connectivity index (χ1n) is 14.7. The number of halogens is 4. The van der Waals surface area contributed by atoms with Crippen LogP contribution in [0.5, 0.6) is 0 Å². The van der Waals surface area contributed by atoms with Gasteiger partial charge in [0, 0.05) is 64.7 Å². The van der Waals surface area contributed by atoms with Gasteiger partial charge in [-0.15, -0.1) is 0 Å². The summed E-state index contributed by atoms with van der Waals surface area (Å²) in [6.45, 7) is 1.13. The molecule has 0 spiro atoms. The van der Waals surface area contributed by atoms with Crippen LogP contribution in [0.4, 0.5) is 17.6 Å². The Morgan fingerprint density at radius 1 is 1.02 bits per heavy atom. The Morgan fingerprint density at radius 2 is 1.72 bits per heavy atom. The first kappa shape index (κ1) is 31.4. The lowest BCUT2D eigenvalue weighted by molar-refractivity contribution is -0.142. The number of alkyl halides is 4. The standard InChI is InChI=1S/C32H38F4N2O5/c1-42-18-22-16-38(30(41)31(33)13-14-37(19-31)24-8-10-25(43-2)11-9-24)17-28(22)26-12-7-23(32(34,35)36)15-27(26)20-3-5-21(6-4-20)29(39)40/h3-7,12,15,22,24-25,28H,8-11,13-14,16-19H2,1-2H3,(H,39,40)/t22-,24-,25-,28+,31-/m1/s1. The minimum atomic E-state index is -4.59. The molecule has 43 heavy (non-hydrogen) atoms. The lowest BCUT2D eigenvalue weighted by Crippen LogP contribution is -2.48. The van der Waals surface area contributed by atoms with Crippen molar-refractivity contribution in [2.75, 3.05) is 47.0 Å². The van der Waals surface area contributed by atoms with Crippen LogP contribution in [0.25, 0.3) is 11.1 Å². The highest BCUT2D eigenvalue weighted by molar-refractivity contribution is 5.88. The number of carbonyl (C=O) groups is 2. The maximum atomic E-state index is 16.3. The van der Waals surface area contributed by atoms with Gasteiger partial charge in [0.25, 0.3) is 5.91 Å². The molecule has 1 N–H and O–H groups in total. The summed E-state index contributed by atoms with van der Waals surface area (Å²) in [6.07, 6.45) is -0.648. The highest BCUT2D eigenvalue weighted by Gasteiger charge is 2.51. The van der Waals surface area contributed by atoms with Crippen LogP contribution in [0.3, 0.4) is 0 Å². The number of amides is 1. The van der Waals surface area contributed by atoms with Crippen molar-refractivity contribution in [3.8, 4) is 11.1 Å². The number of aromatic carboxylic acids is 1. The zero-order chi connectivity index (χ0) is 30.9. The average Bonchev–Trinajstić information content (AvgIpc) is 3.61. The number of carbonyl (C=O) groups excluding carboxylic acids is 1. The Labute approximate surface area is 248 Å². The number of hydrogen-bond acceptors (Lipinski definition) is 5. The van der Waals surface area contributed by atoms with Crippen LogP contribution in [0.2, 0.25) is 0 Å². The van der Waals surface area contributed by atoms with E-state index in [-0.39, 0.29) is 56.3 Å². The van der Waals surface area contributed by atoms with Crippen molar-refractivity contribution in [2.24, 2.45) is 5.92 Å². The number of rotatable bonds is 8. The van der Waals surface area contributed by atoms with Crippen LogP contribution in [0.15, 0.2) is 42.5 Å². The highest BCUT2D eigenvalue weighted by atomic mass is 19.4. The average molecular weight is 607 g/mol. The summed E-state index contributed by atoms with van der Waals surface area (Å²) in [4.78, 5) is 28.7. The molecule has 7 nitrogen and oxygen atoms in total. The molecule has 0 radical (unpaired) electrons. The molecule has 11 heteroatoms. The van der Waals surface area contributed by atoms with Crippen LogP contribution in [0, 0.1) is 5.92 Å². The van der Waals surface area contributed by atoms with Crippen molar-refractivity contribution >= 4 is 11.9 Å². The van der Waals surface area contributed by atoms with E-state index in [9.17, 15) is 27.9 Å². The van der Waals surface area contributed by atoms with Gasteiger partial charge in [0.1, 0.15) is 0 Å². The predicted octanol–water partition coefficient (Wildman–Crippen LogP) is 5.63. The number of carboxylic acid groups (broad SMARTS) is 1. The molecule has 3 atom stereocenters. The summed E-state index contributed by atoms with van der Waals surface area (Å²) in [5, 5.41) is 9.28. The minimum Gasteiger partial charge on any atom is -0.478 e. The monoisotopic (exact) mass is 606 g/mol. The van der Waals surface area contributed by atoms with E-state index in [1.165, 1.54) is 42.3 Å². The van der Waals surface area contributed by atoms with Crippen molar-refractivity contribution in [3.05, 3.63) is 59.2 Å². The molecule has 0 bridgehead atoms. The molecule has 2 saturated heterocycles. The molecule has 2 heterocycles. The molecule has 5 rings (SSSR count). The quantitative estimate of drug-likeness (QED) is 0.393. The molecule has 2 aromatic carbocycles. The van der Waals surface area contributed by atoms with Crippen molar-refractivity contribution in [1.29, 1.82) is 0 Å². The topological polar surface area (TPSA) is 79.3 Å². The van der Waals surface area contributed by atoms with Gasteiger partial charge in [-0.2, -0.15) is 13.2 Å². The van der Waals surface area contributed by atoms with Crippen molar-refractivity contribution in [1.82, 2.24) is 9.80 Å². The molecule has 1 aliphatic carbocycles. The van der Waals surface area contributed by atoms with Crippen LogP contribution >= 0.6 is 0 Å². The lowest BCUT2D eigenvalue weighted by atomic mass is 9.83. The Morgan fingerprint density at radius 3 is 2.33 bits per heavy atom. The van der Waals surface area contributed by atoms with E-state index in [0.717, 1.165) is 37.8 Å². The van der Waals surface area contributed by atoms with Crippen molar-refractivity contribution in [3.63, 3.8) is 0 Å². The van der Waals surface area contributed by atoms with E-state index >= 15 is 4.39 Å². The van der Waals surface area contributed by atoms with Gasteiger partial charge in [-0.05, 0) is 66.6 Å². The van der Waals surface area contributed by atoms with Crippen LogP contribution in [0.1, 0.15) is 59.5 Å².